The Morgan fingerprint density at radius 2 is 2.05 bits per heavy atom. The van der Waals surface area contributed by atoms with Crippen LogP contribution in [-0.2, 0) is 14.3 Å². The predicted octanol–water partition coefficient (Wildman–Crippen LogP) is 1.42. The molecule has 0 aliphatic carbocycles. The summed E-state index contributed by atoms with van der Waals surface area (Å²) in [4.78, 5) is 12.1. The first kappa shape index (κ1) is 14.7. The molecule has 2 aliphatic heterocycles. The van der Waals surface area contributed by atoms with Crippen LogP contribution in [0.5, 0.6) is 0 Å². The molecule has 0 radical (unpaired) electrons. The number of hydrogen-bond acceptors (Lipinski definition) is 4. The first-order valence-electron chi connectivity index (χ1n) is 6.30. The Hall–Kier alpha value is -0.660. The van der Waals surface area contributed by atoms with Gasteiger partial charge >= 0.3 is 6.18 Å². The molecule has 7 heteroatoms. The molecule has 0 aromatic rings. The number of Topliss-reactive ketones (excluding diaryl/α,β-unsaturated/α-hetero) is 1. The fraction of sp³-hybridized carbons (Fsp3) is 0.917. The smallest absolute Gasteiger partial charge is 0.378 e. The lowest BCUT2D eigenvalue weighted by atomic mass is 9.77. The summed E-state index contributed by atoms with van der Waals surface area (Å²) in [6.07, 6.45) is -3.58. The number of carbonyl (C=O) groups is 1. The van der Waals surface area contributed by atoms with Gasteiger partial charge in [-0.2, -0.15) is 13.2 Å². The number of alkyl halides is 3. The van der Waals surface area contributed by atoms with Gasteiger partial charge in [0.05, 0.1) is 12.2 Å². The minimum absolute atomic E-state index is 0.259. The van der Waals surface area contributed by atoms with E-state index in [1.54, 1.807) is 0 Å². The Balaban J connectivity index is 2.11. The van der Waals surface area contributed by atoms with Crippen molar-refractivity contribution in [3.8, 4) is 0 Å². The average molecular weight is 281 g/mol. The lowest BCUT2D eigenvalue weighted by Crippen LogP contribution is -2.60. The molecular formula is C12H18F3NO3. The number of ether oxygens (including phenoxy) is 2. The highest BCUT2D eigenvalue weighted by molar-refractivity contribution is 5.91. The van der Waals surface area contributed by atoms with E-state index in [1.807, 2.05) is 0 Å². The van der Waals surface area contributed by atoms with Crippen LogP contribution < -0.4 is 5.73 Å². The van der Waals surface area contributed by atoms with E-state index < -0.39 is 29.0 Å². The second kappa shape index (κ2) is 4.71. The van der Waals surface area contributed by atoms with E-state index in [1.165, 1.54) is 0 Å². The minimum Gasteiger partial charge on any atom is -0.378 e. The molecule has 1 spiro atoms. The molecule has 2 fully saturated rings. The van der Waals surface area contributed by atoms with Gasteiger partial charge in [0, 0.05) is 25.6 Å². The summed E-state index contributed by atoms with van der Waals surface area (Å²) in [6.45, 7) is 1.86. The van der Waals surface area contributed by atoms with Crippen molar-refractivity contribution in [2.45, 2.75) is 43.5 Å². The Labute approximate surface area is 109 Å². The number of rotatable bonds is 2. The monoisotopic (exact) mass is 281 g/mol. The summed E-state index contributed by atoms with van der Waals surface area (Å²) < 4.78 is 49.3. The molecule has 3 atom stereocenters. The van der Waals surface area contributed by atoms with Crippen LogP contribution in [0.3, 0.4) is 0 Å². The Morgan fingerprint density at radius 3 is 2.58 bits per heavy atom. The molecule has 2 heterocycles. The molecule has 19 heavy (non-hydrogen) atoms. The highest BCUT2D eigenvalue weighted by atomic mass is 19.4. The van der Waals surface area contributed by atoms with Crippen molar-refractivity contribution in [2.24, 2.45) is 11.7 Å². The molecule has 110 valence electrons. The van der Waals surface area contributed by atoms with Gasteiger partial charge in [-0.1, -0.05) is 0 Å². The van der Waals surface area contributed by atoms with E-state index in [4.69, 9.17) is 15.2 Å². The Kier molecular flexibility index (Phi) is 3.66. The van der Waals surface area contributed by atoms with Gasteiger partial charge in [-0.3, -0.25) is 4.79 Å². The van der Waals surface area contributed by atoms with Crippen LogP contribution in [0, 0.1) is 5.92 Å². The van der Waals surface area contributed by atoms with E-state index >= 15 is 0 Å². The van der Waals surface area contributed by atoms with Gasteiger partial charge in [0.25, 0.3) is 0 Å². The predicted molar refractivity (Wildman–Crippen MR) is 60.5 cm³/mol. The first-order chi connectivity index (χ1) is 8.68. The zero-order chi connectivity index (χ0) is 14.3. The average Bonchev–Trinajstić information content (AvgIpc) is 2.74. The molecule has 0 saturated carbocycles. The van der Waals surface area contributed by atoms with Gasteiger partial charge in [0.15, 0.2) is 11.3 Å². The van der Waals surface area contributed by atoms with E-state index in [-0.39, 0.29) is 19.4 Å². The molecule has 0 amide bonds. The Bertz CT molecular complexity index is 362. The van der Waals surface area contributed by atoms with Crippen molar-refractivity contribution in [1.29, 1.82) is 0 Å². The third-order valence-electron chi connectivity index (χ3n) is 4.03. The summed E-state index contributed by atoms with van der Waals surface area (Å²) in [6, 6.07) is 0. The van der Waals surface area contributed by atoms with E-state index in [0.29, 0.717) is 19.6 Å². The topological polar surface area (TPSA) is 61.6 Å². The van der Waals surface area contributed by atoms with E-state index in [0.717, 1.165) is 6.92 Å². The molecule has 4 nitrogen and oxygen atoms in total. The fourth-order valence-corrected chi connectivity index (χ4v) is 2.68. The second-order valence-electron chi connectivity index (χ2n) is 5.59. The molecule has 3 unspecified atom stereocenters. The fourth-order valence-electron chi connectivity index (χ4n) is 2.68. The largest absolute Gasteiger partial charge is 0.413 e. The van der Waals surface area contributed by atoms with E-state index in [2.05, 4.69) is 0 Å². The lowest BCUT2D eigenvalue weighted by molar-refractivity contribution is -0.192. The number of carbonyl (C=O) groups excluding carboxylic acids is 1. The summed E-state index contributed by atoms with van der Waals surface area (Å²) in [5, 5.41) is 0. The highest BCUT2D eigenvalue weighted by Crippen LogP contribution is 2.39. The maximum Gasteiger partial charge on any atom is 0.413 e. The summed E-state index contributed by atoms with van der Waals surface area (Å²) in [5.74, 6) is -1.67. The third-order valence-corrected chi connectivity index (χ3v) is 4.03. The first-order valence-corrected chi connectivity index (χ1v) is 6.30. The number of hydrogen-bond donors (Lipinski definition) is 1. The highest BCUT2D eigenvalue weighted by Gasteiger charge is 2.56. The van der Waals surface area contributed by atoms with Crippen LogP contribution in [0.2, 0.25) is 0 Å². The quantitative estimate of drug-likeness (QED) is 0.831. The molecule has 2 rings (SSSR count). The molecule has 2 aliphatic rings. The second-order valence-corrected chi connectivity index (χ2v) is 5.59. The van der Waals surface area contributed by atoms with Crippen LogP contribution in [0.25, 0.3) is 0 Å². The summed E-state index contributed by atoms with van der Waals surface area (Å²) in [5.41, 5.74) is 1.82. The third kappa shape index (κ3) is 2.64. The summed E-state index contributed by atoms with van der Waals surface area (Å²) in [7, 11) is 0. The Morgan fingerprint density at radius 1 is 1.37 bits per heavy atom. The van der Waals surface area contributed by atoms with Crippen molar-refractivity contribution >= 4 is 5.78 Å². The van der Waals surface area contributed by atoms with Crippen molar-refractivity contribution in [1.82, 2.24) is 0 Å². The van der Waals surface area contributed by atoms with Gasteiger partial charge in [-0.05, 0) is 19.8 Å². The summed E-state index contributed by atoms with van der Waals surface area (Å²) >= 11 is 0. The lowest BCUT2D eigenvalue weighted by Gasteiger charge is -2.39. The minimum atomic E-state index is -4.73. The van der Waals surface area contributed by atoms with Crippen LogP contribution >= 0.6 is 0 Å². The van der Waals surface area contributed by atoms with Crippen molar-refractivity contribution in [2.75, 3.05) is 19.8 Å². The van der Waals surface area contributed by atoms with Gasteiger partial charge in [0.1, 0.15) is 0 Å². The zero-order valence-electron chi connectivity index (χ0n) is 10.8. The molecule has 2 N–H and O–H groups in total. The molecule has 0 aromatic heterocycles. The van der Waals surface area contributed by atoms with Crippen molar-refractivity contribution in [3.05, 3.63) is 0 Å². The van der Waals surface area contributed by atoms with Crippen molar-refractivity contribution in [3.63, 3.8) is 0 Å². The maximum absolute atomic E-state index is 12.8. The van der Waals surface area contributed by atoms with Crippen LogP contribution in [0.15, 0.2) is 0 Å². The van der Waals surface area contributed by atoms with Crippen LogP contribution in [0.1, 0.15) is 26.2 Å². The van der Waals surface area contributed by atoms with E-state index in [9.17, 15) is 18.0 Å². The number of nitrogens with two attached hydrogens (primary N) is 1. The number of halogens is 3. The van der Waals surface area contributed by atoms with Gasteiger partial charge in [-0.15, -0.1) is 0 Å². The maximum atomic E-state index is 12.8. The zero-order valence-corrected chi connectivity index (χ0v) is 10.8. The molecule has 2 saturated heterocycles. The van der Waals surface area contributed by atoms with Crippen molar-refractivity contribution < 1.29 is 27.4 Å². The molecule has 0 bridgehead atoms. The number of ketones is 1. The van der Waals surface area contributed by atoms with Crippen LogP contribution in [-0.4, -0.2) is 42.9 Å². The van der Waals surface area contributed by atoms with Crippen LogP contribution in [0.4, 0.5) is 13.2 Å². The standard InChI is InChI=1S/C12H18F3NO3/c1-10(16,12(13,14)15)9(17)8-2-4-19-11(6-8)3-5-18-7-11/h8H,2-7,16H2,1H3. The molecule has 0 aromatic carbocycles. The normalized spacial score (nSPS) is 35.3. The van der Waals surface area contributed by atoms with Gasteiger partial charge < -0.3 is 15.2 Å². The SMILES string of the molecule is CC(N)(C(=O)C1CCOC2(CCOC2)C1)C(F)(F)F. The van der Waals surface area contributed by atoms with Gasteiger partial charge in [-0.25, -0.2) is 0 Å². The molecular weight excluding hydrogens is 263 g/mol. The van der Waals surface area contributed by atoms with Gasteiger partial charge in [0.2, 0.25) is 0 Å².